The van der Waals surface area contributed by atoms with Crippen molar-refractivity contribution in [3.63, 3.8) is 0 Å². The Balaban J connectivity index is 1.81. The average Bonchev–Trinajstić information content (AvgIpc) is 2.75. The number of thioether (sulfide) groups is 1. The van der Waals surface area contributed by atoms with Gasteiger partial charge in [-0.1, -0.05) is 0 Å². The first-order valence-electron chi connectivity index (χ1n) is 5.59. The second-order valence-corrected chi connectivity index (χ2v) is 4.59. The van der Waals surface area contributed by atoms with Crippen molar-refractivity contribution in [3.05, 3.63) is 18.7 Å². The van der Waals surface area contributed by atoms with E-state index in [0.717, 1.165) is 19.6 Å². The van der Waals surface area contributed by atoms with Crippen LogP contribution in [0.25, 0.3) is 0 Å². The normalized spacial score (nSPS) is 10.7. The maximum absolute atomic E-state index is 4.02. The van der Waals surface area contributed by atoms with Crippen molar-refractivity contribution in [2.45, 2.75) is 25.8 Å². The summed E-state index contributed by atoms with van der Waals surface area (Å²) in [6, 6.07) is 0. The third kappa shape index (κ3) is 6.57. The van der Waals surface area contributed by atoms with E-state index in [9.17, 15) is 0 Å². The molecule has 0 atom stereocenters. The lowest BCUT2D eigenvalue weighted by Crippen LogP contribution is -2.17. The molecule has 0 saturated heterocycles. The summed E-state index contributed by atoms with van der Waals surface area (Å²) >= 11 is 1.92. The van der Waals surface area contributed by atoms with Crippen molar-refractivity contribution in [2.75, 3.05) is 25.1 Å². The first kappa shape index (κ1) is 12.6. The van der Waals surface area contributed by atoms with Gasteiger partial charge in [-0.3, -0.25) is 0 Å². The topological polar surface area (TPSA) is 29.9 Å². The molecule has 3 nitrogen and oxygen atoms in total. The molecular formula is C11H21N3S. The Hall–Kier alpha value is -0.480. The van der Waals surface area contributed by atoms with Crippen molar-refractivity contribution in [3.8, 4) is 0 Å². The minimum absolute atomic E-state index is 1.09. The van der Waals surface area contributed by atoms with Crippen molar-refractivity contribution in [2.24, 2.45) is 0 Å². The van der Waals surface area contributed by atoms with Crippen LogP contribution in [0.3, 0.4) is 0 Å². The van der Waals surface area contributed by atoms with Crippen LogP contribution in [0.2, 0.25) is 0 Å². The molecule has 0 aliphatic carbocycles. The summed E-state index contributed by atoms with van der Waals surface area (Å²) in [4.78, 5) is 4.02. The number of nitrogens with zero attached hydrogens (tertiary/aromatic N) is 2. The van der Waals surface area contributed by atoms with E-state index in [1.165, 1.54) is 25.0 Å². The molecular weight excluding hydrogens is 206 g/mol. The summed E-state index contributed by atoms with van der Waals surface area (Å²) in [5, 5.41) is 3.46. The maximum atomic E-state index is 4.02. The van der Waals surface area contributed by atoms with Gasteiger partial charge < -0.3 is 9.88 Å². The third-order valence-electron chi connectivity index (χ3n) is 2.28. The van der Waals surface area contributed by atoms with Crippen LogP contribution in [0.1, 0.15) is 19.3 Å². The second kappa shape index (κ2) is 8.80. The molecule has 0 radical (unpaired) electrons. The van der Waals surface area contributed by atoms with Crippen LogP contribution in [-0.2, 0) is 6.54 Å². The summed E-state index contributed by atoms with van der Waals surface area (Å²) in [6.07, 6.45) is 11.6. The first-order chi connectivity index (χ1) is 7.43. The molecule has 0 spiro atoms. The lowest BCUT2D eigenvalue weighted by molar-refractivity contribution is 0.567. The number of imidazole rings is 1. The van der Waals surface area contributed by atoms with Crippen LogP contribution >= 0.6 is 11.8 Å². The van der Waals surface area contributed by atoms with Crippen LogP contribution in [0.15, 0.2) is 18.7 Å². The molecule has 0 unspecified atom stereocenters. The molecule has 86 valence electrons. The fraction of sp³-hybridized carbons (Fsp3) is 0.727. The number of aryl methyl sites for hydroxylation is 1. The average molecular weight is 227 g/mol. The molecule has 1 N–H and O–H groups in total. The third-order valence-corrected chi connectivity index (χ3v) is 2.98. The predicted octanol–water partition coefficient (Wildman–Crippen LogP) is 2.01. The lowest BCUT2D eigenvalue weighted by atomic mass is 10.3. The Morgan fingerprint density at radius 2 is 2.13 bits per heavy atom. The van der Waals surface area contributed by atoms with Gasteiger partial charge in [0.2, 0.25) is 0 Å². The van der Waals surface area contributed by atoms with Crippen molar-refractivity contribution in [1.82, 2.24) is 14.9 Å². The SMILES string of the molecule is CSCCCNCCCCn1ccnc1. The standard InChI is InChI=1S/C11H21N3S/c1-15-10-4-6-12-5-2-3-8-14-9-7-13-11-14/h7,9,11-12H,2-6,8,10H2,1H3. The number of rotatable bonds is 9. The van der Waals surface area contributed by atoms with E-state index < -0.39 is 0 Å². The molecule has 15 heavy (non-hydrogen) atoms. The van der Waals surface area contributed by atoms with Crippen LogP contribution < -0.4 is 5.32 Å². The highest BCUT2D eigenvalue weighted by atomic mass is 32.2. The highest BCUT2D eigenvalue weighted by Crippen LogP contribution is 1.95. The van der Waals surface area contributed by atoms with Gasteiger partial charge in [0.05, 0.1) is 6.33 Å². The van der Waals surface area contributed by atoms with Crippen LogP contribution in [0.5, 0.6) is 0 Å². The zero-order chi connectivity index (χ0) is 10.8. The number of hydrogen-bond acceptors (Lipinski definition) is 3. The van der Waals surface area contributed by atoms with Gasteiger partial charge in [0.1, 0.15) is 0 Å². The van der Waals surface area contributed by atoms with Crippen molar-refractivity contribution >= 4 is 11.8 Å². The van der Waals surface area contributed by atoms with E-state index in [-0.39, 0.29) is 0 Å². The smallest absolute Gasteiger partial charge is 0.0945 e. The molecule has 0 aliphatic heterocycles. The van der Waals surface area contributed by atoms with Gasteiger partial charge in [0.15, 0.2) is 0 Å². The molecule has 0 aliphatic rings. The van der Waals surface area contributed by atoms with Gasteiger partial charge in [-0.15, -0.1) is 0 Å². The monoisotopic (exact) mass is 227 g/mol. The molecule has 0 amide bonds. The van der Waals surface area contributed by atoms with Crippen molar-refractivity contribution in [1.29, 1.82) is 0 Å². The van der Waals surface area contributed by atoms with Crippen molar-refractivity contribution < 1.29 is 0 Å². The summed E-state index contributed by atoms with van der Waals surface area (Å²) in [5.74, 6) is 1.27. The van der Waals surface area contributed by atoms with E-state index in [4.69, 9.17) is 0 Å². The van der Waals surface area contributed by atoms with E-state index in [1.807, 2.05) is 30.5 Å². The zero-order valence-electron chi connectivity index (χ0n) is 9.48. The van der Waals surface area contributed by atoms with E-state index in [0.29, 0.717) is 0 Å². The fourth-order valence-electron chi connectivity index (χ4n) is 1.43. The Kier molecular flexibility index (Phi) is 7.38. The number of nitrogens with one attached hydrogen (secondary N) is 1. The molecule has 1 aromatic rings. The second-order valence-electron chi connectivity index (χ2n) is 3.60. The maximum Gasteiger partial charge on any atom is 0.0945 e. The fourth-order valence-corrected chi connectivity index (χ4v) is 1.86. The van der Waals surface area contributed by atoms with Crippen LogP contribution in [0, 0.1) is 0 Å². The quantitative estimate of drug-likeness (QED) is 0.655. The van der Waals surface area contributed by atoms with E-state index >= 15 is 0 Å². The summed E-state index contributed by atoms with van der Waals surface area (Å²) in [6.45, 7) is 3.39. The number of unbranched alkanes of at least 4 members (excludes halogenated alkanes) is 1. The molecule has 0 saturated carbocycles. The van der Waals surface area contributed by atoms with Crippen LogP contribution in [-0.4, -0.2) is 34.6 Å². The molecule has 0 fully saturated rings. The highest BCUT2D eigenvalue weighted by molar-refractivity contribution is 7.98. The van der Waals surface area contributed by atoms with Gasteiger partial charge in [-0.25, -0.2) is 4.98 Å². The molecule has 0 bridgehead atoms. The molecule has 4 heteroatoms. The summed E-state index contributed by atoms with van der Waals surface area (Å²) in [7, 11) is 0. The minimum atomic E-state index is 1.09. The Morgan fingerprint density at radius 3 is 2.87 bits per heavy atom. The van der Waals surface area contributed by atoms with Gasteiger partial charge in [0.25, 0.3) is 0 Å². The summed E-state index contributed by atoms with van der Waals surface area (Å²) < 4.78 is 2.13. The Labute approximate surface area is 96.7 Å². The van der Waals surface area contributed by atoms with Gasteiger partial charge in [-0.2, -0.15) is 11.8 Å². The van der Waals surface area contributed by atoms with E-state index in [2.05, 4.69) is 21.1 Å². The van der Waals surface area contributed by atoms with Crippen LogP contribution in [0.4, 0.5) is 0 Å². The lowest BCUT2D eigenvalue weighted by Gasteiger charge is -2.04. The minimum Gasteiger partial charge on any atom is -0.337 e. The zero-order valence-corrected chi connectivity index (χ0v) is 10.3. The summed E-state index contributed by atoms with van der Waals surface area (Å²) in [5.41, 5.74) is 0. The number of aromatic nitrogens is 2. The molecule has 1 rings (SSSR count). The highest BCUT2D eigenvalue weighted by Gasteiger charge is 1.91. The molecule has 1 heterocycles. The largest absolute Gasteiger partial charge is 0.337 e. The van der Waals surface area contributed by atoms with Gasteiger partial charge in [-0.05, 0) is 44.4 Å². The van der Waals surface area contributed by atoms with Gasteiger partial charge >= 0.3 is 0 Å². The predicted molar refractivity (Wildman–Crippen MR) is 67.3 cm³/mol. The first-order valence-corrected chi connectivity index (χ1v) is 6.98. The van der Waals surface area contributed by atoms with E-state index in [1.54, 1.807) is 0 Å². The van der Waals surface area contributed by atoms with Gasteiger partial charge in [0, 0.05) is 18.9 Å². The Bertz CT molecular complexity index is 224. The Morgan fingerprint density at radius 1 is 1.27 bits per heavy atom. The number of hydrogen-bond donors (Lipinski definition) is 1. The molecule has 0 aromatic carbocycles. The molecule has 1 aromatic heterocycles.